The minimum absolute atomic E-state index is 0.0382. The number of benzene rings is 1. The molecule has 0 radical (unpaired) electrons. The number of rotatable bonds is 4. The van der Waals surface area contributed by atoms with E-state index in [1.165, 1.54) is 0 Å². The van der Waals surface area contributed by atoms with Gasteiger partial charge >= 0.3 is 18.2 Å². The van der Waals surface area contributed by atoms with Gasteiger partial charge in [-0.1, -0.05) is 13.8 Å². The first kappa shape index (κ1) is 16.8. The van der Waals surface area contributed by atoms with E-state index in [1.807, 2.05) is 5.32 Å². The molecule has 0 unspecified atom stereocenters. The van der Waals surface area contributed by atoms with Crippen LogP contribution in [0.3, 0.4) is 0 Å². The zero-order chi connectivity index (χ0) is 16.2. The summed E-state index contributed by atoms with van der Waals surface area (Å²) in [5.41, 5.74) is -1.98. The van der Waals surface area contributed by atoms with Gasteiger partial charge in [0.25, 0.3) is 0 Å². The standard InChI is InChI=1S/C13H14F3NO4/c1-7(2)6-21-12(20)17-10-5-8(13(14,15)16)3-4-9(10)11(18)19/h3-5,7H,6H2,1-2H3,(H,17,20)(H,18,19). The maximum atomic E-state index is 12.6. The molecule has 0 fully saturated rings. The molecule has 0 aromatic heterocycles. The van der Waals surface area contributed by atoms with Crippen molar-refractivity contribution in [1.29, 1.82) is 0 Å². The van der Waals surface area contributed by atoms with E-state index in [0.29, 0.717) is 12.1 Å². The molecule has 1 amide bonds. The third-order valence-corrected chi connectivity index (χ3v) is 2.36. The van der Waals surface area contributed by atoms with Gasteiger partial charge in [-0.25, -0.2) is 9.59 Å². The number of halogens is 3. The van der Waals surface area contributed by atoms with Crippen LogP contribution in [-0.4, -0.2) is 23.8 Å². The fourth-order valence-electron chi connectivity index (χ4n) is 1.40. The monoisotopic (exact) mass is 305 g/mol. The normalized spacial score (nSPS) is 11.3. The zero-order valence-electron chi connectivity index (χ0n) is 11.3. The summed E-state index contributed by atoms with van der Waals surface area (Å²) in [6.07, 6.45) is -5.65. The van der Waals surface area contributed by atoms with Gasteiger partial charge in [-0.3, -0.25) is 5.32 Å². The molecule has 0 saturated carbocycles. The molecule has 0 aliphatic carbocycles. The summed E-state index contributed by atoms with van der Waals surface area (Å²) in [7, 11) is 0. The van der Waals surface area contributed by atoms with Crippen molar-refractivity contribution in [2.45, 2.75) is 20.0 Å². The van der Waals surface area contributed by atoms with E-state index in [4.69, 9.17) is 9.84 Å². The first-order valence-corrected chi connectivity index (χ1v) is 5.99. The number of anilines is 1. The van der Waals surface area contributed by atoms with Crippen molar-refractivity contribution in [1.82, 2.24) is 0 Å². The van der Waals surface area contributed by atoms with Crippen LogP contribution in [0, 0.1) is 5.92 Å². The first-order valence-electron chi connectivity index (χ1n) is 5.99. The summed E-state index contributed by atoms with van der Waals surface area (Å²) in [5, 5.41) is 10.9. The van der Waals surface area contributed by atoms with Gasteiger partial charge in [0.2, 0.25) is 0 Å². The summed E-state index contributed by atoms with van der Waals surface area (Å²) in [4.78, 5) is 22.4. The van der Waals surface area contributed by atoms with Gasteiger partial charge in [-0.2, -0.15) is 13.2 Å². The van der Waals surface area contributed by atoms with E-state index in [-0.39, 0.29) is 12.5 Å². The molecule has 21 heavy (non-hydrogen) atoms. The van der Waals surface area contributed by atoms with Gasteiger partial charge in [0, 0.05) is 0 Å². The van der Waals surface area contributed by atoms with Crippen LogP contribution < -0.4 is 5.32 Å². The summed E-state index contributed by atoms with van der Waals surface area (Å²) >= 11 is 0. The Morgan fingerprint density at radius 2 is 1.95 bits per heavy atom. The molecule has 0 saturated heterocycles. The van der Waals surface area contributed by atoms with E-state index in [2.05, 4.69) is 0 Å². The Morgan fingerprint density at radius 1 is 1.33 bits per heavy atom. The molecular formula is C13H14F3NO4. The second kappa shape index (κ2) is 6.47. The number of carbonyl (C=O) groups excluding carboxylic acids is 1. The van der Waals surface area contributed by atoms with Crippen LogP contribution in [-0.2, 0) is 10.9 Å². The predicted octanol–water partition coefficient (Wildman–Crippen LogP) is 3.61. The lowest BCUT2D eigenvalue weighted by Crippen LogP contribution is -2.19. The summed E-state index contributed by atoms with van der Waals surface area (Å²) in [6.45, 7) is 3.62. The van der Waals surface area contributed by atoms with Crippen molar-refractivity contribution in [2.75, 3.05) is 11.9 Å². The Balaban J connectivity index is 3.01. The molecule has 0 aliphatic heterocycles. The number of carboxylic acid groups (broad SMARTS) is 1. The van der Waals surface area contributed by atoms with Gasteiger partial charge in [-0.05, 0) is 24.1 Å². The van der Waals surface area contributed by atoms with Gasteiger partial charge in [0.05, 0.1) is 23.4 Å². The maximum Gasteiger partial charge on any atom is 0.416 e. The first-order chi connectivity index (χ1) is 9.61. The minimum Gasteiger partial charge on any atom is -0.478 e. The fraction of sp³-hybridized carbons (Fsp3) is 0.385. The number of nitrogens with one attached hydrogen (secondary N) is 1. The number of carbonyl (C=O) groups is 2. The Kier molecular flexibility index (Phi) is 5.17. The molecule has 1 aromatic carbocycles. The van der Waals surface area contributed by atoms with Crippen molar-refractivity contribution in [3.05, 3.63) is 29.3 Å². The SMILES string of the molecule is CC(C)COC(=O)Nc1cc(C(F)(F)F)ccc1C(=O)O. The van der Waals surface area contributed by atoms with Crippen LogP contribution in [0.1, 0.15) is 29.8 Å². The molecule has 0 heterocycles. The molecule has 1 aromatic rings. The molecule has 5 nitrogen and oxygen atoms in total. The lowest BCUT2D eigenvalue weighted by molar-refractivity contribution is -0.137. The lowest BCUT2D eigenvalue weighted by Gasteiger charge is -2.13. The molecule has 0 aliphatic rings. The third kappa shape index (κ3) is 4.97. The van der Waals surface area contributed by atoms with Gasteiger partial charge in [0.15, 0.2) is 0 Å². The molecule has 0 spiro atoms. The van der Waals surface area contributed by atoms with Crippen LogP contribution in [0.2, 0.25) is 0 Å². The summed E-state index contributed by atoms with van der Waals surface area (Å²) < 4.78 is 42.5. The highest BCUT2D eigenvalue weighted by atomic mass is 19.4. The number of hydrogen-bond acceptors (Lipinski definition) is 3. The number of ether oxygens (including phenoxy) is 1. The third-order valence-electron chi connectivity index (χ3n) is 2.36. The highest BCUT2D eigenvalue weighted by Crippen LogP contribution is 2.32. The van der Waals surface area contributed by atoms with Crippen LogP contribution in [0.5, 0.6) is 0 Å². The van der Waals surface area contributed by atoms with Crippen LogP contribution in [0.15, 0.2) is 18.2 Å². The Morgan fingerprint density at radius 3 is 2.43 bits per heavy atom. The smallest absolute Gasteiger partial charge is 0.416 e. The maximum absolute atomic E-state index is 12.6. The van der Waals surface area contributed by atoms with Crippen LogP contribution in [0.25, 0.3) is 0 Å². The molecule has 0 bridgehead atoms. The average Bonchev–Trinajstić information content (AvgIpc) is 2.34. The molecule has 116 valence electrons. The molecule has 0 atom stereocenters. The molecule has 8 heteroatoms. The number of amides is 1. The average molecular weight is 305 g/mol. The second-order valence-electron chi connectivity index (χ2n) is 4.68. The number of alkyl halides is 3. The van der Waals surface area contributed by atoms with E-state index in [9.17, 15) is 22.8 Å². The summed E-state index contributed by atoms with van der Waals surface area (Å²) in [5.74, 6) is -1.42. The van der Waals surface area contributed by atoms with Gasteiger partial charge in [-0.15, -0.1) is 0 Å². The van der Waals surface area contributed by atoms with Crippen molar-refractivity contribution in [3.8, 4) is 0 Å². The molecule has 2 N–H and O–H groups in total. The van der Waals surface area contributed by atoms with Crippen molar-refractivity contribution in [2.24, 2.45) is 5.92 Å². The predicted molar refractivity (Wildman–Crippen MR) is 68.2 cm³/mol. The van der Waals surface area contributed by atoms with Crippen molar-refractivity contribution >= 4 is 17.7 Å². The number of aromatic carboxylic acids is 1. The van der Waals surface area contributed by atoms with E-state index < -0.39 is 35.1 Å². The molecular weight excluding hydrogens is 291 g/mol. The summed E-state index contributed by atoms with van der Waals surface area (Å²) in [6, 6.07) is 1.97. The van der Waals surface area contributed by atoms with Crippen LogP contribution >= 0.6 is 0 Å². The fourth-order valence-corrected chi connectivity index (χ4v) is 1.40. The lowest BCUT2D eigenvalue weighted by atomic mass is 10.1. The highest BCUT2D eigenvalue weighted by Gasteiger charge is 2.31. The second-order valence-corrected chi connectivity index (χ2v) is 4.68. The topological polar surface area (TPSA) is 75.6 Å². The minimum atomic E-state index is -4.64. The van der Waals surface area contributed by atoms with Gasteiger partial charge < -0.3 is 9.84 Å². The van der Waals surface area contributed by atoms with Gasteiger partial charge in [0.1, 0.15) is 0 Å². The quantitative estimate of drug-likeness (QED) is 0.891. The zero-order valence-corrected chi connectivity index (χ0v) is 11.3. The highest BCUT2D eigenvalue weighted by molar-refractivity contribution is 5.98. The van der Waals surface area contributed by atoms with E-state index in [0.717, 1.165) is 6.07 Å². The van der Waals surface area contributed by atoms with E-state index >= 15 is 0 Å². The Labute approximate surface area is 118 Å². The number of carboxylic acids is 1. The Hall–Kier alpha value is -2.25. The van der Waals surface area contributed by atoms with E-state index in [1.54, 1.807) is 13.8 Å². The van der Waals surface area contributed by atoms with Crippen molar-refractivity contribution < 1.29 is 32.6 Å². The molecule has 1 rings (SSSR count). The largest absolute Gasteiger partial charge is 0.478 e. The number of hydrogen-bond donors (Lipinski definition) is 2. The van der Waals surface area contributed by atoms with Crippen molar-refractivity contribution in [3.63, 3.8) is 0 Å². The Bertz CT molecular complexity index is 541. The van der Waals surface area contributed by atoms with Crippen LogP contribution in [0.4, 0.5) is 23.7 Å².